The number of aromatic nitrogens is 4. The van der Waals surface area contributed by atoms with Crippen molar-refractivity contribution in [2.24, 2.45) is 7.05 Å². The van der Waals surface area contributed by atoms with E-state index in [9.17, 15) is 0 Å². The highest BCUT2D eigenvalue weighted by molar-refractivity contribution is 5.64. The molecule has 110 valence electrons. The van der Waals surface area contributed by atoms with Crippen LogP contribution in [0.4, 0.5) is 11.5 Å². The number of aryl methyl sites for hydroxylation is 4. The lowest BCUT2D eigenvalue weighted by atomic mass is 10.2. The van der Waals surface area contributed by atoms with E-state index in [1.807, 2.05) is 23.3 Å². The quantitative estimate of drug-likeness (QED) is 0.847. The van der Waals surface area contributed by atoms with Crippen molar-refractivity contribution in [1.29, 1.82) is 0 Å². The average Bonchev–Trinajstić information content (AvgIpc) is 2.90. The Morgan fingerprint density at radius 1 is 1.30 bits per heavy atom. The number of rotatable bonds is 6. The standard InChI is InChI=1S/C14H24N6/c1-5-7-20-14(13(15)10(3)17-20)16-8-11-9-19(4)18-12(11)6-2/h9,16H,5-8,15H2,1-4H3. The normalized spacial score (nSPS) is 11.0. The van der Waals surface area contributed by atoms with Gasteiger partial charge in [0.25, 0.3) is 0 Å². The van der Waals surface area contributed by atoms with Crippen molar-refractivity contribution < 1.29 is 0 Å². The first-order valence-corrected chi connectivity index (χ1v) is 7.14. The van der Waals surface area contributed by atoms with Gasteiger partial charge in [0.2, 0.25) is 0 Å². The molecule has 0 radical (unpaired) electrons. The molecule has 0 saturated carbocycles. The van der Waals surface area contributed by atoms with Crippen molar-refractivity contribution in [2.45, 2.75) is 46.7 Å². The molecular formula is C14H24N6. The van der Waals surface area contributed by atoms with Crippen LogP contribution in [0, 0.1) is 6.92 Å². The molecule has 2 aromatic rings. The zero-order valence-electron chi connectivity index (χ0n) is 12.8. The molecule has 3 N–H and O–H groups in total. The van der Waals surface area contributed by atoms with E-state index in [-0.39, 0.29) is 0 Å². The maximum Gasteiger partial charge on any atom is 0.148 e. The first-order chi connectivity index (χ1) is 9.56. The number of nitrogens with two attached hydrogens (primary N) is 1. The molecule has 0 aromatic carbocycles. The Bertz CT molecular complexity index is 581. The number of hydrogen-bond acceptors (Lipinski definition) is 4. The second-order valence-corrected chi connectivity index (χ2v) is 5.05. The molecule has 0 unspecified atom stereocenters. The van der Waals surface area contributed by atoms with Gasteiger partial charge in [-0.2, -0.15) is 10.2 Å². The number of nitrogens with one attached hydrogen (secondary N) is 1. The summed E-state index contributed by atoms with van der Waals surface area (Å²) in [4.78, 5) is 0. The number of anilines is 2. The third kappa shape index (κ3) is 2.79. The van der Waals surface area contributed by atoms with Crippen molar-refractivity contribution in [3.63, 3.8) is 0 Å². The molecule has 0 bridgehead atoms. The molecule has 0 aliphatic heterocycles. The summed E-state index contributed by atoms with van der Waals surface area (Å²) in [5, 5.41) is 12.3. The molecule has 0 fully saturated rings. The molecule has 0 atom stereocenters. The molecule has 0 saturated heterocycles. The lowest BCUT2D eigenvalue weighted by molar-refractivity contribution is 0.602. The van der Waals surface area contributed by atoms with Crippen molar-refractivity contribution in [2.75, 3.05) is 11.1 Å². The summed E-state index contributed by atoms with van der Waals surface area (Å²) in [5.41, 5.74) is 10.0. The minimum atomic E-state index is 0.718. The smallest absolute Gasteiger partial charge is 0.148 e. The molecular weight excluding hydrogens is 252 g/mol. The summed E-state index contributed by atoms with van der Waals surface area (Å²) in [6.45, 7) is 7.78. The van der Waals surface area contributed by atoms with Crippen LogP contribution in [0.25, 0.3) is 0 Å². The molecule has 2 rings (SSSR count). The van der Waals surface area contributed by atoms with Gasteiger partial charge in [-0.25, -0.2) is 4.68 Å². The van der Waals surface area contributed by atoms with Gasteiger partial charge in [0.1, 0.15) is 5.82 Å². The summed E-state index contributed by atoms with van der Waals surface area (Å²) in [5.74, 6) is 0.912. The fourth-order valence-corrected chi connectivity index (χ4v) is 2.36. The fourth-order valence-electron chi connectivity index (χ4n) is 2.36. The predicted molar refractivity (Wildman–Crippen MR) is 81.6 cm³/mol. The van der Waals surface area contributed by atoms with Crippen molar-refractivity contribution in [3.8, 4) is 0 Å². The van der Waals surface area contributed by atoms with E-state index in [0.717, 1.165) is 48.8 Å². The first-order valence-electron chi connectivity index (χ1n) is 7.14. The second-order valence-electron chi connectivity index (χ2n) is 5.05. The van der Waals surface area contributed by atoms with Crippen LogP contribution in [-0.4, -0.2) is 19.6 Å². The summed E-state index contributed by atoms with van der Waals surface area (Å²) in [6, 6.07) is 0. The van der Waals surface area contributed by atoms with Gasteiger partial charge >= 0.3 is 0 Å². The molecule has 2 heterocycles. The van der Waals surface area contributed by atoms with Crippen LogP contribution in [0.1, 0.15) is 37.2 Å². The van der Waals surface area contributed by atoms with Crippen LogP contribution in [0.3, 0.4) is 0 Å². The van der Waals surface area contributed by atoms with E-state index < -0.39 is 0 Å². The molecule has 2 aromatic heterocycles. The number of nitrogens with zero attached hydrogens (tertiary/aromatic N) is 4. The average molecular weight is 276 g/mol. The van der Waals surface area contributed by atoms with Crippen LogP contribution in [0.15, 0.2) is 6.20 Å². The first kappa shape index (κ1) is 14.4. The van der Waals surface area contributed by atoms with Gasteiger partial charge in [-0.3, -0.25) is 4.68 Å². The maximum absolute atomic E-state index is 6.11. The minimum absolute atomic E-state index is 0.718. The number of hydrogen-bond donors (Lipinski definition) is 2. The molecule has 0 spiro atoms. The third-order valence-corrected chi connectivity index (χ3v) is 3.38. The van der Waals surface area contributed by atoms with Gasteiger partial charge in [-0.15, -0.1) is 0 Å². The van der Waals surface area contributed by atoms with E-state index in [2.05, 4.69) is 35.6 Å². The van der Waals surface area contributed by atoms with Gasteiger partial charge in [-0.05, 0) is 19.8 Å². The Morgan fingerprint density at radius 2 is 2.05 bits per heavy atom. The molecule has 0 amide bonds. The van der Waals surface area contributed by atoms with Gasteiger partial charge in [0.15, 0.2) is 0 Å². The Hall–Kier alpha value is -1.98. The molecule has 20 heavy (non-hydrogen) atoms. The Kier molecular flexibility index (Phi) is 4.32. The Morgan fingerprint density at radius 3 is 2.70 bits per heavy atom. The number of nitrogen functional groups attached to an aromatic ring is 1. The maximum atomic E-state index is 6.11. The molecule has 0 aliphatic carbocycles. The molecule has 6 heteroatoms. The lowest BCUT2D eigenvalue weighted by Crippen LogP contribution is -2.09. The van der Waals surface area contributed by atoms with E-state index in [1.165, 1.54) is 5.56 Å². The molecule has 0 aliphatic rings. The molecule has 6 nitrogen and oxygen atoms in total. The Labute approximate surface area is 120 Å². The summed E-state index contributed by atoms with van der Waals surface area (Å²) < 4.78 is 3.81. The van der Waals surface area contributed by atoms with Crippen LogP contribution < -0.4 is 11.1 Å². The van der Waals surface area contributed by atoms with Crippen molar-refractivity contribution >= 4 is 11.5 Å². The monoisotopic (exact) mass is 276 g/mol. The third-order valence-electron chi connectivity index (χ3n) is 3.38. The fraction of sp³-hybridized carbons (Fsp3) is 0.571. The Balaban J connectivity index is 2.17. The lowest BCUT2D eigenvalue weighted by Gasteiger charge is -2.09. The largest absolute Gasteiger partial charge is 0.394 e. The van der Waals surface area contributed by atoms with Crippen LogP contribution in [-0.2, 0) is 26.6 Å². The second kappa shape index (κ2) is 5.98. The summed E-state index contributed by atoms with van der Waals surface area (Å²) in [6.07, 6.45) is 4.01. The van der Waals surface area contributed by atoms with Gasteiger partial charge in [0, 0.05) is 31.9 Å². The summed E-state index contributed by atoms with van der Waals surface area (Å²) >= 11 is 0. The van der Waals surface area contributed by atoms with E-state index >= 15 is 0 Å². The highest BCUT2D eigenvalue weighted by Gasteiger charge is 2.13. The highest BCUT2D eigenvalue weighted by Crippen LogP contribution is 2.23. The van der Waals surface area contributed by atoms with Crippen LogP contribution in [0.5, 0.6) is 0 Å². The topological polar surface area (TPSA) is 73.7 Å². The van der Waals surface area contributed by atoms with Gasteiger partial charge < -0.3 is 11.1 Å². The van der Waals surface area contributed by atoms with Crippen LogP contribution in [0.2, 0.25) is 0 Å². The zero-order valence-corrected chi connectivity index (χ0v) is 12.8. The van der Waals surface area contributed by atoms with Crippen LogP contribution >= 0.6 is 0 Å². The zero-order chi connectivity index (χ0) is 14.7. The van der Waals surface area contributed by atoms with E-state index in [0.29, 0.717) is 0 Å². The van der Waals surface area contributed by atoms with Crippen molar-refractivity contribution in [3.05, 3.63) is 23.1 Å². The predicted octanol–water partition coefficient (Wildman–Crippen LogP) is 2.09. The van der Waals surface area contributed by atoms with Gasteiger partial charge in [0.05, 0.1) is 17.1 Å². The van der Waals surface area contributed by atoms with Crippen molar-refractivity contribution in [1.82, 2.24) is 19.6 Å². The highest BCUT2D eigenvalue weighted by atomic mass is 15.3. The van der Waals surface area contributed by atoms with Gasteiger partial charge in [-0.1, -0.05) is 13.8 Å². The summed E-state index contributed by atoms with van der Waals surface area (Å²) in [7, 11) is 1.95. The van der Waals surface area contributed by atoms with E-state index in [4.69, 9.17) is 5.73 Å². The minimum Gasteiger partial charge on any atom is -0.394 e. The van der Waals surface area contributed by atoms with E-state index in [1.54, 1.807) is 0 Å². The SMILES string of the molecule is CCCn1nc(C)c(N)c1NCc1cn(C)nc1CC.